The van der Waals surface area contributed by atoms with Crippen molar-refractivity contribution in [3.05, 3.63) is 12.2 Å². The van der Waals surface area contributed by atoms with E-state index in [4.69, 9.17) is 10.3 Å². The Morgan fingerprint density at radius 1 is 1.67 bits per heavy atom. The first-order chi connectivity index (χ1) is 5.24. The molecule has 0 saturated carbocycles. The minimum Gasteiger partial charge on any atom is -0.366 e. The van der Waals surface area contributed by atoms with Crippen molar-refractivity contribution in [2.24, 2.45) is 5.73 Å². The van der Waals surface area contributed by atoms with Crippen LogP contribution in [0.4, 0.5) is 0 Å². The molecule has 0 bridgehead atoms. The molecule has 0 saturated heterocycles. The SMILES string of the molecule is C=C(C(N)=O)C(C)OS(=O)(=O)O. The molecule has 0 aliphatic heterocycles. The fraction of sp³-hybridized carbons (Fsp3) is 0.400. The molecule has 0 heterocycles. The predicted octanol–water partition coefficient (Wildman–Crippen LogP) is -0.764. The normalized spacial score (nSPS) is 13.8. The van der Waals surface area contributed by atoms with E-state index in [1.165, 1.54) is 6.92 Å². The molecule has 0 spiro atoms. The van der Waals surface area contributed by atoms with Crippen molar-refractivity contribution >= 4 is 16.3 Å². The number of hydrogen-bond acceptors (Lipinski definition) is 4. The first kappa shape index (κ1) is 11.1. The summed E-state index contributed by atoms with van der Waals surface area (Å²) in [6.45, 7) is 4.39. The van der Waals surface area contributed by atoms with Gasteiger partial charge in [-0.15, -0.1) is 0 Å². The van der Waals surface area contributed by atoms with E-state index in [0.717, 1.165) is 0 Å². The van der Waals surface area contributed by atoms with Gasteiger partial charge in [-0.25, -0.2) is 4.18 Å². The van der Waals surface area contributed by atoms with E-state index in [1.807, 2.05) is 0 Å². The van der Waals surface area contributed by atoms with Crippen molar-refractivity contribution in [3.8, 4) is 0 Å². The molecular weight excluding hydrogens is 186 g/mol. The average molecular weight is 195 g/mol. The van der Waals surface area contributed by atoms with Gasteiger partial charge in [-0.05, 0) is 6.92 Å². The van der Waals surface area contributed by atoms with Crippen LogP contribution in [0.15, 0.2) is 12.2 Å². The zero-order valence-electron chi connectivity index (χ0n) is 6.35. The van der Waals surface area contributed by atoms with Crippen LogP contribution in [0.3, 0.4) is 0 Å². The highest BCUT2D eigenvalue weighted by molar-refractivity contribution is 7.80. The number of carbonyl (C=O) groups is 1. The maximum absolute atomic E-state index is 10.4. The second kappa shape index (κ2) is 3.65. The summed E-state index contributed by atoms with van der Waals surface area (Å²) >= 11 is 0. The number of nitrogens with two attached hydrogens (primary N) is 1. The number of rotatable bonds is 4. The maximum Gasteiger partial charge on any atom is 0.397 e. The molecule has 3 N–H and O–H groups in total. The fourth-order valence-electron chi connectivity index (χ4n) is 0.441. The Hall–Kier alpha value is -0.920. The van der Waals surface area contributed by atoms with Gasteiger partial charge in [0.2, 0.25) is 5.91 Å². The van der Waals surface area contributed by atoms with E-state index >= 15 is 0 Å². The fourth-order valence-corrected chi connectivity index (χ4v) is 0.922. The summed E-state index contributed by atoms with van der Waals surface area (Å²) in [6, 6.07) is 0. The van der Waals surface area contributed by atoms with Gasteiger partial charge in [0.05, 0.1) is 0 Å². The van der Waals surface area contributed by atoms with E-state index < -0.39 is 22.4 Å². The summed E-state index contributed by atoms with van der Waals surface area (Å²) in [4.78, 5) is 10.4. The van der Waals surface area contributed by atoms with E-state index in [0.29, 0.717) is 0 Å². The minimum atomic E-state index is -4.57. The monoisotopic (exact) mass is 195 g/mol. The molecule has 0 aliphatic rings. The third kappa shape index (κ3) is 4.06. The van der Waals surface area contributed by atoms with Crippen molar-refractivity contribution in [1.82, 2.24) is 0 Å². The van der Waals surface area contributed by atoms with Gasteiger partial charge >= 0.3 is 10.4 Å². The molecule has 0 aromatic rings. The highest BCUT2D eigenvalue weighted by Crippen LogP contribution is 2.05. The highest BCUT2D eigenvalue weighted by atomic mass is 32.3. The maximum atomic E-state index is 10.4. The largest absolute Gasteiger partial charge is 0.397 e. The third-order valence-electron chi connectivity index (χ3n) is 1.07. The Bertz CT molecular complexity index is 293. The minimum absolute atomic E-state index is 0.229. The van der Waals surface area contributed by atoms with Crippen molar-refractivity contribution in [3.63, 3.8) is 0 Å². The van der Waals surface area contributed by atoms with Crippen molar-refractivity contribution in [2.75, 3.05) is 0 Å². The molecule has 70 valence electrons. The Morgan fingerprint density at radius 2 is 2.08 bits per heavy atom. The van der Waals surface area contributed by atoms with Crippen LogP contribution in [-0.4, -0.2) is 25.0 Å². The van der Waals surface area contributed by atoms with Crippen molar-refractivity contribution in [1.29, 1.82) is 0 Å². The second-order valence-electron chi connectivity index (χ2n) is 2.06. The van der Waals surface area contributed by atoms with Crippen LogP contribution in [0.2, 0.25) is 0 Å². The third-order valence-corrected chi connectivity index (χ3v) is 1.61. The molecule has 0 rings (SSSR count). The van der Waals surface area contributed by atoms with E-state index in [1.54, 1.807) is 0 Å². The molecule has 0 fully saturated rings. The molecule has 1 atom stereocenters. The molecule has 6 nitrogen and oxygen atoms in total. The Balaban J connectivity index is 4.34. The Morgan fingerprint density at radius 3 is 2.33 bits per heavy atom. The van der Waals surface area contributed by atoms with Crippen LogP contribution in [0.1, 0.15) is 6.92 Å². The van der Waals surface area contributed by atoms with E-state index in [-0.39, 0.29) is 5.57 Å². The van der Waals surface area contributed by atoms with Gasteiger partial charge in [0.15, 0.2) is 0 Å². The van der Waals surface area contributed by atoms with Crippen LogP contribution in [0, 0.1) is 0 Å². The highest BCUT2D eigenvalue weighted by Gasteiger charge is 2.18. The predicted molar refractivity (Wildman–Crippen MR) is 40.4 cm³/mol. The van der Waals surface area contributed by atoms with E-state index in [9.17, 15) is 13.2 Å². The van der Waals surface area contributed by atoms with Gasteiger partial charge in [-0.3, -0.25) is 9.35 Å². The number of amides is 1. The van der Waals surface area contributed by atoms with Crippen LogP contribution in [0.25, 0.3) is 0 Å². The summed E-state index contributed by atoms with van der Waals surface area (Å²) in [5.41, 5.74) is 4.53. The molecule has 7 heteroatoms. The molecule has 1 amide bonds. The average Bonchev–Trinajstić information content (AvgIpc) is 1.82. The van der Waals surface area contributed by atoms with Gasteiger partial charge in [0.1, 0.15) is 6.10 Å². The molecule has 0 aromatic carbocycles. The Kier molecular flexibility index (Phi) is 3.37. The zero-order valence-corrected chi connectivity index (χ0v) is 7.17. The lowest BCUT2D eigenvalue weighted by Gasteiger charge is -2.09. The first-order valence-electron chi connectivity index (χ1n) is 2.88. The van der Waals surface area contributed by atoms with Gasteiger partial charge in [0.25, 0.3) is 0 Å². The van der Waals surface area contributed by atoms with Crippen molar-refractivity contribution in [2.45, 2.75) is 13.0 Å². The van der Waals surface area contributed by atoms with Gasteiger partial charge in [-0.1, -0.05) is 6.58 Å². The molecular formula is C5H9NO5S. The topological polar surface area (TPSA) is 107 Å². The Labute approximate surface area is 70.0 Å². The lowest BCUT2D eigenvalue weighted by molar-refractivity contribution is -0.115. The van der Waals surface area contributed by atoms with Crippen LogP contribution >= 0.6 is 0 Å². The molecule has 12 heavy (non-hydrogen) atoms. The first-order valence-corrected chi connectivity index (χ1v) is 4.25. The number of carbonyl (C=O) groups excluding carboxylic acids is 1. The van der Waals surface area contributed by atoms with E-state index in [2.05, 4.69) is 10.8 Å². The molecule has 0 aromatic heterocycles. The lowest BCUT2D eigenvalue weighted by atomic mass is 10.2. The standard InChI is InChI=1S/C5H9NO5S/c1-3(5(6)7)4(2)11-12(8,9)10/h4H,1H2,2H3,(H2,6,7)(H,8,9,10). The zero-order chi connectivity index (χ0) is 9.94. The molecule has 0 radical (unpaired) electrons. The second-order valence-corrected chi connectivity index (χ2v) is 3.10. The summed E-state index contributed by atoms with van der Waals surface area (Å²) in [5.74, 6) is -0.883. The molecule has 0 aliphatic carbocycles. The number of primary amides is 1. The van der Waals surface area contributed by atoms with Crippen molar-refractivity contribution < 1.29 is 21.9 Å². The smallest absolute Gasteiger partial charge is 0.366 e. The summed E-state index contributed by atoms with van der Waals surface area (Å²) in [7, 11) is -4.57. The summed E-state index contributed by atoms with van der Waals surface area (Å²) in [5, 5.41) is 0. The lowest BCUT2D eigenvalue weighted by Crippen LogP contribution is -2.25. The van der Waals surface area contributed by atoms with Gasteiger partial charge in [-0.2, -0.15) is 8.42 Å². The van der Waals surface area contributed by atoms with Crippen LogP contribution in [0.5, 0.6) is 0 Å². The van der Waals surface area contributed by atoms with Crippen LogP contribution in [-0.2, 0) is 19.4 Å². The summed E-state index contributed by atoms with van der Waals surface area (Å²) in [6.07, 6.45) is -1.16. The van der Waals surface area contributed by atoms with Crippen LogP contribution < -0.4 is 5.73 Å². The number of hydrogen-bond donors (Lipinski definition) is 2. The summed E-state index contributed by atoms with van der Waals surface area (Å²) < 4.78 is 32.4. The quantitative estimate of drug-likeness (QED) is 0.452. The van der Waals surface area contributed by atoms with Gasteiger partial charge < -0.3 is 5.73 Å². The van der Waals surface area contributed by atoms with Gasteiger partial charge in [0, 0.05) is 5.57 Å². The molecule has 1 unspecified atom stereocenters.